The van der Waals surface area contributed by atoms with Crippen LogP contribution in [0.1, 0.15) is 21.6 Å². The van der Waals surface area contributed by atoms with Crippen molar-refractivity contribution in [2.24, 2.45) is 5.73 Å². The predicted octanol–water partition coefficient (Wildman–Crippen LogP) is 0.393. The molecular formula is C13H15N5O. The number of carbonyl (C=O) groups excluding carboxylic acids is 1. The number of amides is 1. The van der Waals surface area contributed by atoms with Crippen molar-refractivity contribution in [3.8, 4) is 0 Å². The van der Waals surface area contributed by atoms with Crippen molar-refractivity contribution in [3.63, 3.8) is 0 Å². The van der Waals surface area contributed by atoms with Gasteiger partial charge < -0.3 is 10.6 Å². The molecule has 1 aliphatic rings. The van der Waals surface area contributed by atoms with E-state index in [1.807, 2.05) is 24.3 Å². The predicted molar refractivity (Wildman–Crippen MR) is 69.1 cm³/mol. The monoisotopic (exact) mass is 257 g/mol. The van der Waals surface area contributed by atoms with Crippen LogP contribution in [0.4, 0.5) is 0 Å². The van der Waals surface area contributed by atoms with Crippen LogP contribution in [0.2, 0.25) is 0 Å². The molecule has 2 aromatic rings. The number of rotatable bonds is 3. The lowest BCUT2D eigenvalue weighted by molar-refractivity contribution is 0.0745. The number of nitrogens with two attached hydrogens (primary N) is 1. The Morgan fingerprint density at radius 3 is 2.58 bits per heavy atom. The van der Waals surface area contributed by atoms with Crippen LogP contribution < -0.4 is 5.73 Å². The van der Waals surface area contributed by atoms with Gasteiger partial charge in [-0.2, -0.15) is 0 Å². The summed E-state index contributed by atoms with van der Waals surface area (Å²) < 4.78 is 1.59. The summed E-state index contributed by atoms with van der Waals surface area (Å²) in [7, 11) is 0. The average molecular weight is 257 g/mol. The number of fused-ring (bicyclic) bond motifs is 1. The zero-order valence-corrected chi connectivity index (χ0v) is 10.5. The molecule has 1 aromatic heterocycles. The van der Waals surface area contributed by atoms with Crippen LogP contribution in [-0.4, -0.2) is 32.3 Å². The van der Waals surface area contributed by atoms with Crippen LogP contribution >= 0.6 is 0 Å². The van der Waals surface area contributed by atoms with E-state index in [1.165, 1.54) is 11.1 Å². The minimum atomic E-state index is -0.0838. The van der Waals surface area contributed by atoms with Gasteiger partial charge in [0, 0.05) is 19.6 Å². The van der Waals surface area contributed by atoms with Gasteiger partial charge in [0.2, 0.25) is 0 Å². The molecule has 0 radical (unpaired) electrons. The van der Waals surface area contributed by atoms with Crippen LogP contribution in [-0.2, 0) is 19.6 Å². The first kappa shape index (κ1) is 11.9. The van der Waals surface area contributed by atoms with Crippen molar-refractivity contribution in [3.05, 3.63) is 47.3 Å². The van der Waals surface area contributed by atoms with Crippen LogP contribution in [0.15, 0.2) is 30.5 Å². The Hall–Kier alpha value is -2.21. The summed E-state index contributed by atoms with van der Waals surface area (Å²) in [4.78, 5) is 14.1. The molecule has 0 unspecified atom stereocenters. The SMILES string of the molecule is NCCn1cc(C(=O)N2Cc3ccccc3C2)nn1. The second kappa shape index (κ2) is 4.81. The molecule has 0 fully saturated rings. The van der Waals surface area contributed by atoms with E-state index in [-0.39, 0.29) is 5.91 Å². The second-order valence-electron chi connectivity index (χ2n) is 4.59. The highest BCUT2D eigenvalue weighted by atomic mass is 16.2. The lowest BCUT2D eigenvalue weighted by Crippen LogP contribution is -2.25. The first-order valence-corrected chi connectivity index (χ1v) is 6.24. The number of nitrogens with zero attached hydrogens (tertiary/aromatic N) is 4. The van der Waals surface area contributed by atoms with E-state index >= 15 is 0 Å². The highest BCUT2D eigenvalue weighted by molar-refractivity contribution is 5.92. The third kappa shape index (κ3) is 2.22. The number of carbonyl (C=O) groups is 1. The molecule has 0 aliphatic carbocycles. The molecule has 98 valence electrons. The Morgan fingerprint density at radius 1 is 1.26 bits per heavy atom. The summed E-state index contributed by atoms with van der Waals surface area (Å²) in [5, 5.41) is 7.80. The van der Waals surface area contributed by atoms with E-state index in [9.17, 15) is 4.79 Å². The van der Waals surface area contributed by atoms with Gasteiger partial charge >= 0.3 is 0 Å². The topological polar surface area (TPSA) is 77.0 Å². The van der Waals surface area contributed by atoms with Gasteiger partial charge in [0.1, 0.15) is 0 Å². The summed E-state index contributed by atoms with van der Waals surface area (Å²) in [6.45, 7) is 2.32. The Kier molecular flexibility index (Phi) is 3.00. The Balaban J connectivity index is 1.75. The molecule has 1 aromatic carbocycles. The first-order valence-electron chi connectivity index (χ1n) is 6.24. The highest BCUT2D eigenvalue weighted by Gasteiger charge is 2.25. The minimum Gasteiger partial charge on any atom is -0.329 e. The maximum atomic E-state index is 12.3. The average Bonchev–Trinajstić information content (AvgIpc) is 3.04. The third-order valence-corrected chi connectivity index (χ3v) is 3.24. The normalized spacial score (nSPS) is 13.6. The molecule has 0 saturated carbocycles. The molecule has 0 saturated heterocycles. The molecule has 19 heavy (non-hydrogen) atoms. The first-order chi connectivity index (χ1) is 9.28. The molecule has 2 N–H and O–H groups in total. The van der Waals surface area contributed by atoms with Crippen molar-refractivity contribution in [1.29, 1.82) is 0 Å². The quantitative estimate of drug-likeness (QED) is 0.863. The van der Waals surface area contributed by atoms with E-state index in [2.05, 4.69) is 10.3 Å². The Morgan fingerprint density at radius 2 is 1.95 bits per heavy atom. The molecule has 1 aliphatic heterocycles. The summed E-state index contributed by atoms with van der Waals surface area (Å²) in [5.74, 6) is -0.0838. The van der Waals surface area contributed by atoms with Crippen molar-refractivity contribution in [2.75, 3.05) is 6.54 Å². The zero-order valence-electron chi connectivity index (χ0n) is 10.5. The lowest BCUT2D eigenvalue weighted by Gasteiger charge is -2.12. The molecule has 6 heteroatoms. The molecule has 2 heterocycles. The Bertz CT molecular complexity index is 582. The summed E-state index contributed by atoms with van der Waals surface area (Å²) >= 11 is 0. The standard InChI is InChI=1S/C13H15N5O/c14-5-6-18-9-12(15-16-18)13(19)17-7-10-3-1-2-4-11(10)8-17/h1-4,9H,5-8,14H2. The maximum absolute atomic E-state index is 12.3. The lowest BCUT2D eigenvalue weighted by atomic mass is 10.1. The van der Waals surface area contributed by atoms with Gasteiger partial charge in [0.05, 0.1) is 12.7 Å². The fraction of sp³-hybridized carbons (Fsp3) is 0.308. The van der Waals surface area contributed by atoms with E-state index in [4.69, 9.17) is 5.73 Å². The van der Waals surface area contributed by atoms with E-state index in [0.717, 1.165) is 0 Å². The molecular weight excluding hydrogens is 242 g/mol. The van der Waals surface area contributed by atoms with Crippen LogP contribution in [0.25, 0.3) is 0 Å². The van der Waals surface area contributed by atoms with E-state index in [1.54, 1.807) is 15.8 Å². The van der Waals surface area contributed by atoms with Gasteiger partial charge in [-0.3, -0.25) is 9.48 Å². The van der Waals surface area contributed by atoms with Crippen LogP contribution in [0, 0.1) is 0 Å². The maximum Gasteiger partial charge on any atom is 0.276 e. The molecule has 6 nitrogen and oxygen atoms in total. The molecule has 3 rings (SSSR count). The third-order valence-electron chi connectivity index (χ3n) is 3.24. The highest BCUT2D eigenvalue weighted by Crippen LogP contribution is 2.23. The summed E-state index contributed by atoms with van der Waals surface area (Å²) in [6, 6.07) is 8.08. The van der Waals surface area contributed by atoms with Crippen LogP contribution in [0.3, 0.4) is 0 Å². The fourth-order valence-corrected chi connectivity index (χ4v) is 2.28. The zero-order chi connectivity index (χ0) is 13.2. The van der Waals surface area contributed by atoms with Crippen molar-refractivity contribution < 1.29 is 4.79 Å². The summed E-state index contributed by atoms with van der Waals surface area (Å²) in [6.07, 6.45) is 1.65. The molecule has 0 bridgehead atoms. The van der Waals surface area contributed by atoms with Crippen molar-refractivity contribution in [1.82, 2.24) is 19.9 Å². The van der Waals surface area contributed by atoms with Gasteiger partial charge in [-0.1, -0.05) is 29.5 Å². The van der Waals surface area contributed by atoms with Crippen LogP contribution in [0.5, 0.6) is 0 Å². The summed E-state index contributed by atoms with van der Waals surface area (Å²) in [5.41, 5.74) is 8.22. The van der Waals surface area contributed by atoms with Gasteiger partial charge in [-0.05, 0) is 11.1 Å². The van der Waals surface area contributed by atoms with Gasteiger partial charge in [-0.25, -0.2) is 0 Å². The second-order valence-corrected chi connectivity index (χ2v) is 4.59. The number of benzene rings is 1. The minimum absolute atomic E-state index is 0.0838. The van der Waals surface area contributed by atoms with Gasteiger partial charge in [0.25, 0.3) is 5.91 Å². The molecule has 0 atom stereocenters. The fourth-order valence-electron chi connectivity index (χ4n) is 2.28. The molecule has 0 spiro atoms. The largest absolute Gasteiger partial charge is 0.329 e. The van der Waals surface area contributed by atoms with E-state index < -0.39 is 0 Å². The smallest absolute Gasteiger partial charge is 0.276 e. The number of hydrogen-bond acceptors (Lipinski definition) is 4. The van der Waals surface area contributed by atoms with Crippen molar-refractivity contribution >= 4 is 5.91 Å². The van der Waals surface area contributed by atoms with Gasteiger partial charge in [0.15, 0.2) is 5.69 Å². The number of aromatic nitrogens is 3. The van der Waals surface area contributed by atoms with E-state index in [0.29, 0.717) is 31.9 Å². The molecule has 1 amide bonds. The van der Waals surface area contributed by atoms with Crippen molar-refractivity contribution in [2.45, 2.75) is 19.6 Å². The van der Waals surface area contributed by atoms with Gasteiger partial charge in [-0.15, -0.1) is 5.10 Å². The Labute approximate surface area is 110 Å². The number of hydrogen-bond donors (Lipinski definition) is 1.